The molecule has 1 aromatic carbocycles. The molecule has 1 aliphatic rings. The van der Waals surface area contributed by atoms with Crippen molar-refractivity contribution in [1.82, 2.24) is 14.9 Å². The summed E-state index contributed by atoms with van der Waals surface area (Å²) in [6.45, 7) is 3.01. The predicted octanol–water partition coefficient (Wildman–Crippen LogP) is 2.22. The molecule has 0 unspecified atom stereocenters. The van der Waals surface area contributed by atoms with E-state index in [9.17, 15) is 4.39 Å². The zero-order valence-corrected chi connectivity index (χ0v) is 12.6. The topological polar surface area (TPSA) is 50.4 Å². The first-order valence-corrected chi connectivity index (χ1v) is 7.32. The van der Waals surface area contributed by atoms with E-state index in [1.54, 1.807) is 25.6 Å². The number of rotatable bonds is 6. The number of ether oxygens (including phenoxy) is 2. The third-order valence-corrected chi connectivity index (χ3v) is 4.09. The van der Waals surface area contributed by atoms with Crippen LogP contribution in [0.5, 0.6) is 5.75 Å². The Kier molecular flexibility index (Phi) is 4.40. The smallest absolute Gasteiger partial charge is 0.123 e. The van der Waals surface area contributed by atoms with E-state index in [4.69, 9.17) is 9.47 Å². The van der Waals surface area contributed by atoms with Gasteiger partial charge in [-0.25, -0.2) is 9.37 Å². The Morgan fingerprint density at radius 3 is 2.86 bits per heavy atom. The molecule has 6 heteroatoms. The Hall–Kier alpha value is -1.92. The highest BCUT2D eigenvalue weighted by atomic mass is 19.1. The number of H-pyrrole nitrogens is 1. The van der Waals surface area contributed by atoms with Crippen molar-refractivity contribution in [1.29, 1.82) is 0 Å². The number of hydrogen-bond acceptors (Lipinski definition) is 4. The summed E-state index contributed by atoms with van der Waals surface area (Å²) in [4.78, 5) is 9.46. The van der Waals surface area contributed by atoms with Crippen LogP contribution in [0.1, 0.15) is 12.1 Å². The van der Waals surface area contributed by atoms with Gasteiger partial charge in [0, 0.05) is 38.6 Å². The maximum Gasteiger partial charge on any atom is 0.123 e. The van der Waals surface area contributed by atoms with Crippen LogP contribution >= 0.6 is 0 Å². The molecule has 1 fully saturated rings. The van der Waals surface area contributed by atoms with E-state index in [0.29, 0.717) is 12.4 Å². The van der Waals surface area contributed by atoms with Gasteiger partial charge in [0.1, 0.15) is 23.8 Å². The fraction of sp³-hybridized carbons (Fsp3) is 0.438. The lowest BCUT2D eigenvalue weighted by atomic mass is 10.0. The van der Waals surface area contributed by atoms with Crippen LogP contribution in [0.3, 0.4) is 0 Å². The number of methoxy groups -OCH3 is 1. The standard InChI is InChI=1S/C16H20FN3O2/c1-21-16(11-22-15-4-2-13(17)3-5-15)6-7-20(10-16)9-14-8-18-12-19-14/h2-5,8,12H,6-7,9-11H2,1H3,(H,18,19)/t16-/m1/s1. The largest absolute Gasteiger partial charge is 0.491 e. The van der Waals surface area contributed by atoms with Crippen molar-refractivity contribution in [3.63, 3.8) is 0 Å². The normalized spacial score (nSPS) is 22.1. The highest BCUT2D eigenvalue weighted by Gasteiger charge is 2.39. The lowest BCUT2D eigenvalue weighted by Crippen LogP contribution is -2.41. The molecule has 22 heavy (non-hydrogen) atoms. The van der Waals surface area contributed by atoms with Crippen molar-refractivity contribution in [3.05, 3.63) is 48.3 Å². The molecule has 1 aromatic heterocycles. The average Bonchev–Trinajstić information content (AvgIpc) is 3.18. The Morgan fingerprint density at radius 2 is 2.18 bits per heavy atom. The van der Waals surface area contributed by atoms with Crippen LogP contribution in [0.4, 0.5) is 4.39 Å². The number of hydrogen-bond donors (Lipinski definition) is 1. The second kappa shape index (κ2) is 6.46. The fourth-order valence-electron chi connectivity index (χ4n) is 2.76. The molecule has 118 valence electrons. The minimum atomic E-state index is -0.325. The molecule has 0 amide bonds. The van der Waals surface area contributed by atoms with Gasteiger partial charge in [-0.05, 0) is 30.7 Å². The number of benzene rings is 1. The Labute approximate surface area is 129 Å². The molecule has 0 saturated carbocycles. The molecule has 5 nitrogen and oxygen atoms in total. The van der Waals surface area contributed by atoms with Gasteiger partial charge in [-0.15, -0.1) is 0 Å². The lowest BCUT2D eigenvalue weighted by molar-refractivity contribution is -0.0360. The molecule has 3 rings (SSSR count). The first-order chi connectivity index (χ1) is 10.7. The molecule has 1 aliphatic heterocycles. The zero-order chi connectivity index (χ0) is 15.4. The molecule has 1 N–H and O–H groups in total. The molecular weight excluding hydrogens is 285 g/mol. The van der Waals surface area contributed by atoms with Gasteiger partial charge in [0.2, 0.25) is 0 Å². The van der Waals surface area contributed by atoms with E-state index in [1.165, 1.54) is 12.1 Å². The van der Waals surface area contributed by atoms with Crippen LogP contribution < -0.4 is 4.74 Å². The minimum absolute atomic E-state index is 0.264. The van der Waals surface area contributed by atoms with Crippen molar-refractivity contribution < 1.29 is 13.9 Å². The van der Waals surface area contributed by atoms with Crippen molar-refractivity contribution in [2.45, 2.75) is 18.6 Å². The summed E-state index contributed by atoms with van der Waals surface area (Å²) in [5.74, 6) is 0.394. The van der Waals surface area contributed by atoms with Crippen molar-refractivity contribution in [3.8, 4) is 5.75 Å². The summed E-state index contributed by atoms with van der Waals surface area (Å²) in [6, 6.07) is 6.06. The van der Waals surface area contributed by atoms with Gasteiger partial charge in [0.15, 0.2) is 0 Å². The van der Waals surface area contributed by atoms with Gasteiger partial charge in [-0.1, -0.05) is 0 Å². The van der Waals surface area contributed by atoms with E-state index in [2.05, 4.69) is 14.9 Å². The third-order valence-electron chi connectivity index (χ3n) is 4.09. The summed E-state index contributed by atoms with van der Waals surface area (Å²) in [5.41, 5.74) is 0.764. The molecule has 1 atom stereocenters. The number of aromatic nitrogens is 2. The van der Waals surface area contributed by atoms with Gasteiger partial charge in [0.25, 0.3) is 0 Å². The number of nitrogens with zero attached hydrogens (tertiary/aromatic N) is 2. The summed E-state index contributed by atoms with van der Waals surface area (Å²) in [7, 11) is 1.72. The number of aromatic amines is 1. The minimum Gasteiger partial charge on any atom is -0.491 e. The van der Waals surface area contributed by atoms with Crippen LogP contribution in [0, 0.1) is 5.82 Å². The van der Waals surface area contributed by atoms with E-state index >= 15 is 0 Å². The Balaban J connectivity index is 1.57. The Morgan fingerprint density at radius 1 is 1.36 bits per heavy atom. The summed E-state index contributed by atoms with van der Waals surface area (Å²) >= 11 is 0. The number of nitrogens with one attached hydrogen (secondary N) is 1. The molecule has 2 aromatic rings. The average molecular weight is 305 g/mol. The highest BCUT2D eigenvalue weighted by Crippen LogP contribution is 2.27. The monoisotopic (exact) mass is 305 g/mol. The summed E-state index contributed by atoms with van der Waals surface area (Å²) in [5, 5.41) is 0. The van der Waals surface area contributed by atoms with Crippen molar-refractivity contribution >= 4 is 0 Å². The van der Waals surface area contributed by atoms with Gasteiger partial charge >= 0.3 is 0 Å². The predicted molar refractivity (Wildman–Crippen MR) is 80.1 cm³/mol. The van der Waals surface area contributed by atoms with Gasteiger partial charge in [-0.3, -0.25) is 4.90 Å². The lowest BCUT2D eigenvalue weighted by Gasteiger charge is -2.28. The van der Waals surface area contributed by atoms with Crippen LogP contribution in [0.25, 0.3) is 0 Å². The van der Waals surface area contributed by atoms with Crippen molar-refractivity contribution in [2.24, 2.45) is 0 Å². The van der Waals surface area contributed by atoms with Gasteiger partial charge in [0.05, 0.1) is 6.33 Å². The molecule has 1 saturated heterocycles. The maximum atomic E-state index is 12.9. The molecule has 0 radical (unpaired) electrons. The number of imidazole rings is 1. The Bertz CT molecular complexity index is 588. The molecule has 2 heterocycles. The first kappa shape index (κ1) is 15.0. The summed E-state index contributed by atoms with van der Waals surface area (Å²) in [6.07, 6.45) is 4.42. The maximum absolute atomic E-state index is 12.9. The SMILES string of the molecule is CO[C@]1(COc2ccc(F)cc2)CCN(Cc2cnc[nH]2)C1. The number of likely N-dealkylation sites (tertiary alicyclic amines) is 1. The number of halogens is 1. The van der Waals surface area contributed by atoms with Crippen LogP contribution in [0.2, 0.25) is 0 Å². The molecule has 0 bridgehead atoms. The van der Waals surface area contributed by atoms with E-state index in [1.807, 2.05) is 6.20 Å². The summed E-state index contributed by atoms with van der Waals surface area (Å²) < 4.78 is 24.4. The zero-order valence-electron chi connectivity index (χ0n) is 12.6. The third kappa shape index (κ3) is 3.45. The first-order valence-electron chi connectivity index (χ1n) is 7.32. The fourth-order valence-corrected chi connectivity index (χ4v) is 2.76. The molecule has 0 aliphatic carbocycles. The van der Waals surface area contributed by atoms with Gasteiger partial charge < -0.3 is 14.5 Å². The van der Waals surface area contributed by atoms with Gasteiger partial charge in [-0.2, -0.15) is 0 Å². The quantitative estimate of drug-likeness (QED) is 0.889. The van der Waals surface area contributed by atoms with E-state index in [-0.39, 0.29) is 11.4 Å². The second-order valence-corrected chi connectivity index (χ2v) is 5.67. The van der Waals surface area contributed by atoms with Crippen LogP contribution in [-0.4, -0.2) is 47.3 Å². The second-order valence-electron chi connectivity index (χ2n) is 5.67. The van der Waals surface area contributed by atoms with Crippen LogP contribution in [0.15, 0.2) is 36.8 Å². The molecule has 0 spiro atoms. The highest BCUT2D eigenvalue weighted by molar-refractivity contribution is 5.22. The van der Waals surface area contributed by atoms with E-state index < -0.39 is 0 Å². The van der Waals surface area contributed by atoms with Crippen molar-refractivity contribution in [2.75, 3.05) is 26.8 Å². The molecular formula is C16H20FN3O2. The van der Waals surface area contributed by atoms with E-state index in [0.717, 1.165) is 31.7 Å². The van der Waals surface area contributed by atoms with Crippen LogP contribution in [-0.2, 0) is 11.3 Å².